The Morgan fingerprint density at radius 3 is 2.76 bits per heavy atom. The highest BCUT2D eigenvalue weighted by molar-refractivity contribution is 6.32. The molecule has 2 heterocycles. The number of hydrogen-bond donors (Lipinski definition) is 0. The number of benzene rings is 2. The summed E-state index contributed by atoms with van der Waals surface area (Å²) < 4.78 is 70.3. The predicted octanol–water partition coefficient (Wildman–Crippen LogP) is 4.51. The third-order valence-corrected chi connectivity index (χ3v) is 5.93. The summed E-state index contributed by atoms with van der Waals surface area (Å²) in [5.41, 5.74) is 0.124. The molecule has 2 fully saturated rings. The molecule has 0 saturated carbocycles. The molecule has 33 heavy (non-hydrogen) atoms. The Morgan fingerprint density at radius 2 is 2.03 bits per heavy atom. The average molecular weight is 490 g/mol. The Morgan fingerprint density at radius 1 is 1.21 bits per heavy atom. The Labute approximate surface area is 191 Å². The summed E-state index contributed by atoms with van der Waals surface area (Å²) in [5.74, 6) is -0.543. The van der Waals surface area contributed by atoms with E-state index in [1.54, 1.807) is 17.0 Å². The van der Waals surface area contributed by atoms with Gasteiger partial charge in [0.05, 0.1) is 18.2 Å². The number of ether oxygens (including phenoxy) is 4. The van der Waals surface area contributed by atoms with Gasteiger partial charge in [0.15, 0.2) is 0 Å². The maximum Gasteiger partial charge on any atom is 0.522 e. The van der Waals surface area contributed by atoms with Crippen LogP contribution in [0.25, 0.3) is 0 Å². The molecule has 0 aliphatic carbocycles. The Bertz CT molecular complexity index is 1020. The van der Waals surface area contributed by atoms with Gasteiger partial charge < -0.3 is 19.1 Å². The molecule has 4 rings (SSSR count). The zero-order chi connectivity index (χ0) is 23.6. The zero-order valence-electron chi connectivity index (χ0n) is 17.2. The minimum atomic E-state index is -4.74. The number of fused-ring (bicyclic) bond motifs is 1. The summed E-state index contributed by atoms with van der Waals surface area (Å²) in [5, 5.41) is 0.0828. The second-order valence-electron chi connectivity index (χ2n) is 7.61. The van der Waals surface area contributed by atoms with Gasteiger partial charge in [-0.25, -0.2) is 4.39 Å². The highest BCUT2D eigenvalue weighted by Crippen LogP contribution is 2.43. The molecular weight excluding hydrogens is 470 g/mol. The monoisotopic (exact) mass is 489 g/mol. The number of carbonyl (C=O) groups excluding carboxylic acids is 1. The lowest BCUT2D eigenvalue weighted by atomic mass is 9.82. The third-order valence-electron chi connectivity index (χ3n) is 5.63. The summed E-state index contributed by atoms with van der Waals surface area (Å²) in [4.78, 5) is 14.6. The standard InChI is InChI=1S/C22H20ClF4NO5/c23-17-10-14(4-5-18(17)30-8-9-32-22(25,26)27)20(29)28-7-6-21(19(12-28)31-13-33-21)15-2-1-3-16(24)11-15/h1-5,10-11,19H,6-9,12-13H2/t19?,21-/m0/s1. The zero-order valence-corrected chi connectivity index (χ0v) is 18.0. The third kappa shape index (κ3) is 5.24. The molecule has 11 heteroatoms. The van der Waals surface area contributed by atoms with Crippen molar-refractivity contribution in [1.82, 2.24) is 4.90 Å². The van der Waals surface area contributed by atoms with Gasteiger partial charge in [0.2, 0.25) is 0 Å². The lowest BCUT2D eigenvalue weighted by molar-refractivity contribution is -0.325. The van der Waals surface area contributed by atoms with Gasteiger partial charge in [-0.05, 0) is 35.9 Å². The molecule has 2 aromatic rings. The van der Waals surface area contributed by atoms with E-state index < -0.39 is 24.7 Å². The second kappa shape index (κ2) is 9.46. The maximum atomic E-state index is 13.8. The number of hydrogen-bond acceptors (Lipinski definition) is 5. The normalized spacial score (nSPS) is 22.8. The van der Waals surface area contributed by atoms with E-state index in [9.17, 15) is 22.4 Å². The van der Waals surface area contributed by atoms with Crippen LogP contribution < -0.4 is 4.74 Å². The fourth-order valence-corrected chi connectivity index (χ4v) is 4.30. The van der Waals surface area contributed by atoms with Gasteiger partial charge in [0.1, 0.15) is 36.7 Å². The molecule has 1 amide bonds. The number of alkyl halides is 3. The van der Waals surface area contributed by atoms with Crippen molar-refractivity contribution in [2.45, 2.75) is 24.5 Å². The van der Waals surface area contributed by atoms with Gasteiger partial charge in [0.25, 0.3) is 5.91 Å². The molecule has 0 radical (unpaired) electrons. The summed E-state index contributed by atoms with van der Waals surface area (Å²) in [7, 11) is 0. The summed E-state index contributed by atoms with van der Waals surface area (Å²) in [6, 6.07) is 10.4. The Hall–Kier alpha value is -2.40. The molecule has 0 aromatic heterocycles. The summed E-state index contributed by atoms with van der Waals surface area (Å²) >= 11 is 6.15. The molecule has 2 atom stereocenters. The van der Waals surface area contributed by atoms with Gasteiger partial charge in [-0.3, -0.25) is 9.53 Å². The van der Waals surface area contributed by atoms with Gasteiger partial charge in [-0.2, -0.15) is 0 Å². The van der Waals surface area contributed by atoms with Gasteiger partial charge in [-0.1, -0.05) is 23.7 Å². The first-order valence-electron chi connectivity index (χ1n) is 10.1. The topological polar surface area (TPSA) is 57.2 Å². The molecular formula is C22H20ClF4NO5. The Balaban J connectivity index is 1.40. The van der Waals surface area contributed by atoms with Crippen LogP contribution in [0, 0.1) is 5.82 Å². The van der Waals surface area contributed by atoms with E-state index in [0.717, 1.165) is 0 Å². The minimum Gasteiger partial charge on any atom is -0.490 e. The number of rotatable bonds is 6. The van der Waals surface area contributed by atoms with Gasteiger partial charge in [0, 0.05) is 18.5 Å². The highest BCUT2D eigenvalue weighted by atomic mass is 35.5. The van der Waals surface area contributed by atoms with Crippen LogP contribution in [-0.2, 0) is 19.8 Å². The van der Waals surface area contributed by atoms with Crippen LogP contribution in [-0.4, -0.2) is 56.4 Å². The molecule has 0 bridgehead atoms. The van der Waals surface area contributed by atoms with Gasteiger partial charge in [-0.15, -0.1) is 13.2 Å². The van der Waals surface area contributed by atoms with Crippen LogP contribution >= 0.6 is 11.6 Å². The van der Waals surface area contributed by atoms with Crippen molar-refractivity contribution < 1.29 is 41.3 Å². The fraction of sp³-hybridized carbons (Fsp3) is 0.409. The Kier molecular flexibility index (Phi) is 6.81. The highest BCUT2D eigenvalue weighted by Gasteiger charge is 2.51. The number of carbonyl (C=O) groups is 1. The smallest absolute Gasteiger partial charge is 0.490 e. The van der Waals surface area contributed by atoms with Crippen LogP contribution in [0.5, 0.6) is 5.75 Å². The van der Waals surface area contributed by atoms with Crippen molar-refractivity contribution >= 4 is 17.5 Å². The van der Waals surface area contributed by atoms with Crippen LogP contribution in [0.3, 0.4) is 0 Å². The van der Waals surface area contributed by atoms with E-state index in [0.29, 0.717) is 18.5 Å². The molecule has 0 spiro atoms. The first-order valence-corrected chi connectivity index (χ1v) is 10.5. The first-order chi connectivity index (χ1) is 15.7. The van der Waals surface area contributed by atoms with Crippen LogP contribution in [0.1, 0.15) is 22.3 Å². The predicted molar refractivity (Wildman–Crippen MR) is 108 cm³/mol. The lowest BCUT2D eigenvalue weighted by Gasteiger charge is -2.42. The van der Waals surface area contributed by atoms with Crippen LogP contribution in [0.2, 0.25) is 5.02 Å². The first kappa shape index (κ1) is 23.7. The van der Waals surface area contributed by atoms with E-state index in [2.05, 4.69) is 4.74 Å². The van der Waals surface area contributed by atoms with E-state index in [1.165, 1.54) is 30.3 Å². The largest absolute Gasteiger partial charge is 0.522 e. The van der Waals surface area contributed by atoms with Gasteiger partial charge >= 0.3 is 6.36 Å². The van der Waals surface area contributed by atoms with E-state index in [4.69, 9.17) is 25.8 Å². The maximum absolute atomic E-state index is 13.8. The molecule has 2 saturated heterocycles. The van der Waals surface area contributed by atoms with Crippen molar-refractivity contribution in [3.8, 4) is 5.75 Å². The van der Waals surface area contributed by atoms with E-state index >= 15 is 0 Å². The molecule has 6 nitrogen and oxygen atoms in total. The van der Waals surface area contributed by atoms with E-state index in [1.807, 2.05) is 0 Å². The quantitative estimate of drug-likeness (QED) is 0.441. The number of piperidine rings is 1. The summed E-state index contributed by atoms with van der Waals surface area (Å²) in [6.45, 7) is -0.427. The van der Waals surface area contributed by atoms with Crippen molar-refractivity contribution in [2.75, 3.05) is 33.1 Å². The van der Waals surface area contributed by atoms with Crippen molar-refractivity contribution in [3.05, 3.63) is 64.4 Å². The number of likely N-dealkylation sites (tertiary alicyclic amines) is 1. The van der Waals surface area contributed by atoms with Crippen LogP contribution in [0.15, 0.2) is 42.5 Å². The number of nitrogens with zero attached hydrogens (tertiary/aromatic N) is 1. The number of halogens is 5. The van der Waals surface area contributed by atoms with Crippen molar-refractivity contribution in [1.29, 1.82) is 0 Å². The molecule has 2 aromatic carbocycles. The molecule has 178 valence electrons. The minimum absolute atomic E-state index is 0.0408. The molecule has 0 N–H and O–H groups in total. The van der Waals surface area contributed by atoms with E-state index in [-0.39, 0.29) is 48.0 Å². The fourth-order valence-electron chi connectivity index (χ4n) is 4.07. The van der Waals surface area contributed by atoms with Crippen molar-refractivity contribution in [2.24, 2.45) is 0 Å². The molecule has 2 aliphatic rings. The lowest BCUT2D eigenvalue weighted by Crippen LogP contribution is -2.53. The van der Waals surface area contributed by atoms with Crippen LogP contribution in [0.4, 0.5) is 17.6 Å². The summed E-state index contributed by atoms with van der Waals surface area (Å²) in [6.07, 6.45) is -4.79. The molecule has 2 aliphatic heterocycles. The SMILES string of the molecule is O=C(c1ccc(OCCOC(F)(F)F)c(Cl)c1)N1CC[C@@]2(c3cccc(F)c3)OCOC2C1. The molecule has 1 unspecified atom stereocenters. The van der Waals surface area contributed by atoms with Crippen molar-refractivity contribution in [3.63, 3.8) is 0 Å². The second-order valence-corrected chi connectivity index (χ2v) is 8.01. The number of amides is 1. The average Bonchev–Trinajstić information content (AvgIpc) is 3.21.